The SMILES string of the molecule is CCOc1ccccc1/C=N\NC(=O)c1cccc(S(=O)(=O)N2CCCCC2)c1. The summed E-state index contributed by atoms with van der Waals surface area (Å²) < 4.78 is 32.6. The Morgan fingerprint density at radius 3 is 2.66 bits per heavy atom. The molecule has 0 aliphatic carbocycles. The minimum atomic E-state index is -3.60. The van der Waals surface area contributed by atoms with Gasteiger partial charge in [0.25, 0.3) is 5.91 Å². The van der Waals surface area contributed by atoms with Crippen LogP contribution in [0.3, 0.4) is 0 Å². The zero-order chi connectivity index (χ0) is 20.7. The molecule has 0 unspecified atom stereocenters. The Kier molecular flexibility index (Phi) is 7.00. The number of nitrogens with one attached hydrogen (secondary N) is 1. The number of para-hydroxylation sites is 1. The molecule has 29 heavy (non-hydrogen) atoms. The van der Waals surface area contributed by atoms with Crippen molar-refractivity contribution in [1.82, 2.24) is 9.73 Å². The van der Waals surface area contributed by atoms with Gasteiger partial charge in [0.05, 0.1) is 17.7 Å². The molecule has 1 N–H and O–H groups in total. The second-order valence-electron chi connectivity index (χ2n) is 6.66. The van der Waals surface area contributed by atoms with E-state index in [0.717, 1.165) is 24.8 Å². The fourth-order valence-electron chi connectivity index (χ4n) is 3.15. The van der Waals surface area contributed by atoms with Gasteiger partial charge in [-0.05, 0) is 50.1 Å². The van der Waals surface area contributed by atoms with Crippen molar-refractivity contribution in [2.24, 2.45) is 5.10 Å². The summed E-state index contributed by atoms with van der Waals surface area (Å²) in [5.74, 6) is 0.188. The molecule has 1 fully saturated rings. The highest BCUT2D eigenvalue weighted by Gasteiger charge is 2.26. The van der Waals surface area contributed by atoms with E-state index < -0.39 is 15.9 Å². The summed E-state index contributed by atoms with van der Waals surface area (Å²) in [4.78, 5) is 12.6. The van der Waals surface area contributed by atoms with Gasteiger partial charge >= 0.3 is 0 Å². The zero-order valence-corrected chi connectivity index (χ0v) is 17.2. The first-order valence-corrected chi connectivity index (χ1v) is 11.1. The number of piperidine rings is 1. The van der Waals surface area contributed by atoms with Gasteiger partial charge in [0.15, 0.2) is 0 Å². The Hall–Kier alpha value is -2.71. The number of amides is 1. The van der Waals surface area contributed by atoms with Crippen LogP contribution in [0.4, 0.5) is 0 Å². The smallest absolute Gasteiger partial charge is 0.271 e. The van der Waals surface area contributed by atoms with Gasteiger partial charge in [-0.1, -0.05) is 24.6 Å². The minimum absolute atomic E-state index is 0.123. The Morgan fingerprint density at radius 1 is 1.14 bits per heavy atom. The van der Waals surface area contributed by atoms with Crippen LogP contribution in [-0.4, -0.2) is 44.5 Å². The number of ether oxygens (including phenoxy) is 1. The molecule has 0 atom stereocenters. The maximum atomic E-state index is 12.8. The Bertz CT molecular complexity index is 983. The molecule has 7 nitrogen and oxygen atoms in total. The summed E-state index contributed by atoms with van der Waals surface area (Å²) >= 11 is 0. The van der Waals surface area contributed by atoms with Crippen LogP contribution >= 0.6 is 0 Å². The monoisotopic (exact) mass is 415 g/mol. The molecule has 0 radical (unpaired) electrons. The first-order chi connectivity index (χ1) is 14.0. The molecule has 154 valence electrons. The molecule has 3 rings (SSSR count). The van der Waals surface area contributed by atoms with E-state index in [1.54, 1.807) is 12.1 Å². The quantitative estimate of drug-likeness (QED) is 0.556. The number of carbonyl (C=O) groups excluding carboxylic acids is 1. The second-order valence-corrected chi connectivity index (χ2v) is 8.60. The second kappa shape index (κ2) is 9.67. The van der Waals surface area contributed by atoms with E-state index in [2.05, 4.69) is 10.5 Å². The molecule has 0 bridgehead atoms. The lowest BCUT2D eigenvalue weighted by molar-refractivity contribution is 0.0955. The summed E-state index contributed by atoms with van der Waals surface area (Å²) in [6.07, 6.45) is 4.25. The van der Waals surface area contributed by atoms with Crippen LogP contribution in [0, 0.1) is 0 Å². The number of benzene rings is 2. The average molecular weight is 416 g/mol. The van der Waals surface area contributed by atoms with Crippen molar-refractivity contribution in [2.75, 3.05) is 19.7 Å². The number of rotatable bonds is 7. The highest BCUT2D eigenvalue weighted by Crippen LogP contribution is 2.21. The summed E-state index contributed by atoms with van der Waals surface area (Å²) in [5.41, 5.74) is 3.41. The van der Waals surface area contributed by atoms with Gasteiger partial charge in [-0.25, -0.2) is 13.8 Å². The van der Waals surface area contributed by atoms with E-state index in [-0.39, 0.29) is 10.5 Å². The fraction of sp³-hybridized carbons (Fsp3) is 0.333. The van der Waals surface area contributed by atoms with E-state index in [1.807, 2.05) is 31.2 Å². The molecule has 1 amide bonds. The van der Waals surface area contributed by atoms with Crippen LogP contribution in [-0.2, 0) is 10.0 Å². The normalized spacial score (nSPS) is 15.3. The van der Waals surface area contributed by atoms with E-state index >= 15 is 0 Å². The maximum absolute atomic E-state index is 12.8. The largest absolute Gasteiger partial charge is 0.493 e. The molecule has 1 heterocycles. The highest BCUT2D eigenvalue weighted by atomic mass is 32.2. The summed E-state index contributed by atoms with van der Waals surface area (Å²) in [5, 5.41) is 3.98. The Balaban J connectivity index is 1.71. The van der Waals surface area contributed by atoms with Crippen LogP contribution in [0.1, 0.15) is 42.1 Å². The molecule has 1 saturated heterocycles. The maximum Gasteiger partial charge on any atom is 0.271 e. The standard InChI is InChI=1S/C21H25N3O4S/c1-2-28-20-12-5-4-9-18(20)16-22-23-21(25)17-10-8-11-19(15-17)29(26,27)24-13-6-3-7-14-24/h4-5,8-12,15-16H,2-3,6-7,13-14H2,1H3,(H,23,25)/b22-16-. The number of hydrogen-bond acceptors (Lipinski definition) is 5. The van der Waals surface area contributed by atoms with Crippen LogP contribution in [0.5, 0.6) is 5.75 Å². The number of carbonyl (C=O) groups is 1. The third-order valence-electron chi connectivity index (χ3n) is 4.64. The van der Waals surface area contributed by atoms with Gasteiger partial charge in [-0.2, -0.15) is 9.41 Å². The molecule has 0 aromatic heterocycles. The Labute approximate surface area is 171 Å². The molecule has 1 aliphatic heterocycles. The van der Waals surface area contributed by atoms with Crippen molar-refractivity contribution < 1.29 is 17.9 Å². The van der Waals surface area contributed by atoms with Crippen molar-refractivity contribution in [3.63, 3.8) is 0 Å². The minimum Gasteiger partial charge on any atom is -0.493 e. The topological polar surface area (TPSA) is 88.1 Å². The van der Waals surface area contributed by atoms with Crippen LogP contribution in [0.2, 0.25) is 0 Å². The van der Waals surface area contributed by atoms with E-state index in [1.165, 1.54) is 22.7 Å². The fourth-order valence-corrected chi connectivity index (χ4v) is 4.71. The van der Waals surface area contributed by atoms with Gasteiger partial charge in [-0.15, -0.1) is 0 Å². The molecule has 8 heteroatoms. The van der Waals surface area contributed by atoms with Gasteiger partial charge in [0.1, 0.15) is 5.75 Å². The molecular weight excluding hydrogens is 390 g/mol. The van der Waals surface area contributed by atoms with Gasteiger partial charge < -0.3 is 4.74 Å². The van der Waals surface area contributed by atoms with Crippen molar-refractivity contribution >= 4 is 22.1 Å². The average Bonchev–Trinajstić information content (AvgIpc) is 2.76. The first kappa shape index (κ1) is 21.0. The summed E-state index contributed by atoms with van der Waals surface area (Å²) in [6, 6.07) is 13.4. The molecule has 0 spiro atoms. The third-order valence-corrected chi connectivity index (χ3v) is 6.53. The van der Waals surface area contributed by atoms with Gasteiger partial charge in [0, 0.05) is 24.2 Å². The lowest BCUT2D eigenvalue weighted by Gasteiger charge is -2.25. The molecule has 1 aliphatic rings. The predicted octanol–water partition coefficient (Wildman–Crippen LogP) is 3.02. The van der Waals surface area contributed by atoms with E-state index in [9.17, 15) is 13.2 Å². The lowest BCUT2D eigenvalue weighted by atomic mass is 10.2. The predicted molar refractivity (Wildman–Crippen MR) is 112 cm³/mol. The van der Waals surface area contributed by atoms with Crippen LogP contribution < -0.4 is 10.2 Å². The highest BCUT2D eigenvalue weighted by molar-refractivity contribution is 7.89. The van der Waals surface area contributed by atoms with Gasteiger partial charge in [-0.3, -0.25) is 4.79 Å². The Morgan fingerprint density at radius 2 is 1.90 bits per heavy atom. The van der Waals surface area contributed by atoms with Crippen LogP contribution in [0.25, 0.3) is 0 Å². The first-order valence-electron chi connectivity index (χ1n) is 9.68. The van der Waals surface area contributed by atoms with Gasteiger partial charge in [0.2, 0.25) is 10.0 Å². The summed E-state index contributed by atoms with van der Waals surface area (Å²) in [7, 11) is -3.60. The molecule has 2 aromatic rings. The number of hydrazone groups is 1. The van der Waals surface area contributed by atoms with Crippen molar-refractivity contribution in [3.05, 3.63) is 59.7 Å². The lowest BCUT2D eigenvalue weighted by Crippen LogP contribution is -2.35. The molecule has 2 aromatic carbocycles. The molecule has 0 saturated carbocycles. The van der Waals surface area contributed by atoms with E-state index in [0.29, 0.717) is 25.4 Å². The number of nitrogens with zero attached hydrogens (tertiary/aromatic N) is 2. The van der Waals surface area contributed by atoms with Crippen molar-refractivity contribution in [1.29, 1.82) is 0 Å². The van der Waals surface area contributed by atoms with Crippen LogP contribution in [0.15, 0.2) is 58.5 Å². The summed E-state index contributed by atoms with van der Waals surface area (Å²) in [6.45, 7) is 3.45. The third kappa shape index (κ3) is 5.21. The molecular formula is C21H25N3O4S. The zero-order valence-electron chi connectivity index (χ0n) is 16.4. The van der Waals surface area contributed by atoms with Crippen molar-refractivity contribution in [3.8, 4) is 5.75 Å². The number of sulfonamides is 1. The number of hydrogen-bond donors (Lipinski definition) is 1. The van der Waals surface area contributed by atoms with Crippen molar-refractivity contribution in [2.45, 2.75) is 31.1 Å². The van der Waals surface area contributed by atoms with E-state index in [4.69, 9.17) is 4.74 Å².